The SMILES string of the molecule is O=C(Nc1nnc(C2CCCN2)o1)c1ncccc1Br. The number of hydrogen-bond donors (Lipinski definition) is 2. The number of carbonyl (C=O) groups excluding carboxylic acids is 1. The molecule has 3 heterocycles. The van der Waals surface area contributed by atoms with Gasteiger partial charge in [-0.25, -0.2) is 4.98 Å². The van der Waals surface area contributed by atoms with E-state index in [-0.39, 0.29) is 17.8 Å². The summed E-state index contributed by atoms with van der Waals surface area (Å²) >= 11 is 3.27. The molecule has 1 atom stereocenters. The summed E-state index contributed by atoms with van der Waals surface area (Å²) in [6.45, 7) is 0.940. The Labute approximate surface area is 123 Å². The molecule has 0 radical (unpaired) electrons. The molecule has 0 spiro atoms. The molecular formula is C12H12BrN5O2. The molecule has 2 aromatic rings. The molecule has 1 aliphatic heterocycles. The van der Waals surface area contributed by atoms with Gasteiger partial charge in [0.25, 0.3) is 5.91 Å². The van der Waals surface area contributed by atoms with Gasteiger partial charge >= 0.3 is 6.01 Å². The van der Waals surface area contributed by atoms with Crippen LogP contribution in [0.5, 0.6) is 0 Å². The molecule has 0 aliphatic carbocycles. The zero-order valence-electron chi connectivity index (χ0n) is 10.5. The maximum Gasteiger partial charge on any atom is 0.322 e. The second-order valence-electron chi connectivity index (χ2n) is 4.38. The highest BCUT2D eigenvalue weighted by molar-refractivity contribution is 9.10. The Hall–Kier alpha value is -1.80. The van der Waals surface area contributed by atoms with Crippen LogP contribution in [-0.4, -0.2) is 27.6 Å². The van der Waals surface area contributed by atoms with Crippen LogP contribution in [-0.2, 0) is 0 Å². The first-order chi connectivity index (χ1) is 9.74. The fourth-order valence-electron chi connectivity index (χ4n) is 2.03. The van der Waals surface area contributed by atoms with Crippen molar-refractivity contribution in [3.05, 3.63) is 34.4 Å². The Balaban J connectivity index is 1.72. The lowest BCUT2D eigenvalue weighted by Crippen LogP contribution is -2.14. The molecule has 1 amide bonds. The molecule has 7 nitrogen and oxygen atoms in total. The summed E-state index contributed by atoms with van der Waals surface area (Å²) in [6.07, 6.45) is 3.58. The molecule has 1 saturated heterocycles. The van der Waals surface area contributed by atoms with Crippen molar-refractivity contribution in [2.24, 2.45) is 0 Å². The van der Waals surface area contributed by atoms with Gasteiger partial charge in [0.2, 0.25) is 5.89 Å². The van der Waals surface area contributed by atoms with Gasteiger partial charge in [-0.2, -0.15) is 0 Å². The van der Waals surface area contributed by atoms with Crippen LogP contribution in [0, 0.1) is 0 Å². The zero-order chi connectivity index (χ0) is 13.9. The summed E-state index contributed by atoms with van der Waals surface area (Å²) in [5, 5.41) is 13.6. The number of nitrogens with one attached hydrogen (secondary N) is 2. The number of carbonyl (C=O) groups is 1. The maximum atomic E-state index is 12.0. The third kappa shape index (κ3) is 2.70. The van der Waals surface area contributed by atoms with E-state index in [4.69, 9.17) is 4.42 Å². The van der Waals surface area contributed by atoms with E-state index in [1.165, 1.54) is 0 Å². The van der Waals surface area contributed by atoms with Crippen molar-refractivity contribution in [3.63, 3.8) is 0 Å². The van der Waals surface area contributed by atoms with Gasteiger partial charge in [-0.05, 0) is 47.4 Å². The smallest absolute Gasteiger partial charge is 0.322 e. The van der Waals surface area contributed by atoms with Gasteiger partial charge in [-0.15, -0.1) is 5.10 Å². The minimum atomic E-state index is -0.396. The first kappa shape index (κ1) is 13.2. The lowest BCUT2D eigenvalue weighted by Gasteiger charge is -2.03. The molecular weight excluding hydrogens is 326 g/mol. The molecule has 20 heavy (non-hydrogen) atoms. The Morgan fingerprint density at radius 3 is 3.15 bits per heavy atom. The van der Waals surface area contributed by atoms with Crippen molar-refractivity contribution in [2.75, 3.05) is 11.9 Å². The number of aromatic nitrogens is 3. The van der Waals surface area contributed by atoms with Crippen LogP contribution in [0.2, 0.25) is 0 Å². The molecule has 0 saturated carbocycles. The van der Waals surface area contributed by atoms with Gasteiger partial charge in [0.15, 0.2) is 0 Å². The number of pyridine rings is 1. The third-order valence-electron chi connectivity index (χ3n) is 2.99. The fourth-order valence-corrected chi connectivity index (χ4v) is 2.47. The molecule has 1 unspecified atom stereocenters. The van der Waals surface area contributed by atoms with Crippen molar-refractivity contribution in [3.8, 4) is 0 Å². The van der Waals surface area contributed by atoms with Crippen molar-refractivity contribution >= 4 is 27.9 Å². The highest BCUT2D eigenvalue weighted by Crippen LogP contribution is 2.23. The number of anilines is 1. The van der Waals surface area contributed by atoms with Crippen molar-refractivity contribution in [2.45, 2.75) is 18.9 Å². The fraction of sp³-hybridized carbons (Fsp3) is 0.333. The molecule has 0 aromatic carbocycles. The van der Waals surface area contributed by atoms with Crippen molar-refractivity contribution in [1.29, 1.82) is 0 Å². The van der Waals surface area contributed by atoms with Crippen LogP contribution in [0.4, 0.5) is 6.01 Å². The molecule has 2 N–H and O–H groups in total. The summed E-state index contributed by atoms with van der Waals surface area (Å²) in [7, 11) is 0. The van der Waals surface area contributed by atoms with Gasteiger partial charge in [-0.1, -0.05) is 5.10 Å². The minimum absolute atomic E-state index is 0.0785. The monoisotopic (exact) mass is 337 g/mol. The highest BCUT2D eigenvalue weighted by atomic mass is 79.9. The van der Waals surface area contributed by atoms with Crippen LogP contribution in [0.3, 0.4) is 0 Å². The number of halogens is 1. The quantitative estimate of drug-likeness (QED) is 0.888. The molecule has 0 bridgehead atoms. The minimum Gasteiger partial charge on any atom is -0.406 e. The lowest BCUT2D eigenvalue weighted by atomic mass is 10.2. The van der Waals surface area contributed by atoms with Crippen LogP contribution in [0.25, 0.3) is 0 Å². The summed E-state index contributed by atoms with van der Waals surface area (Å²) in [5.41, 5.74) is 0.270. The van der Waals surface area contributed by atoms with E-state index >= 15 is 0 Å². The zero-order valence-corrected chi connectivity index (χ0v) is 12.1. The molecule has 2 aromatic heterocycles. The van der Waals surface area contributed by atoms with Gasteiger partial charge in [0, 0.05) is 10.7 Å². The largest absolute Gasteiger partial charge is 0.406 e. The Bertz CT molecular complexity index is 624. The summed E-state index contributed by atoms with van der Waals surface area (Å²) in [4.78, 5) is 16.0. The van der Waals surface area contributed by atoms with Crippen molar-refractivity contribution in [1.82, 2.24) is 20.5 Å². The first-order valence-corrected chi connectivity index (χ1v) is 7.02. The Morgan fingerprint density at radius 2 is 2.40 bits per heavy atom. The second-order valence-corrected chi connectivity index (χ2v) is 5.24. The van der Waals surface area contributed by atoms with Crippen LogP contribution in [0.1, 0.15) is 35.3 Å². The second kappa shape index (κ2) is 5.68. The lowest BCUT2D eigenvalue weighted by molar-refractivity contribution is 0.101. The summed E-state index contributed by atoms with van der Waals surface area (Å²) in [5.74, 6) is 0.102. The van der Waals surface area contributed by atoms with Crippen LogP contribution >= 0.6 is 15.9 Å². The van der Waals surface area contributed by atoms with E-state index in [1.807, 2.05) is 0 Å². The van der Waals surface area contributed by atoms with E-state index in [2.05, 4.69) is 41.7 Å². The predicted octanol–water partition coefficient (Wildman–Crippen LogP) is 1.90. The van der Waals surface area contributed by atoms with E-state index in [1.54, 1.807) is 18.3 Å². The molecule has 3 rings (SSSR count). The third-order valence-corrected chi connectivity index (χ3v) is 3.63. The Morgan fingerprint density at radius 1 is 1.50 bits per heavy atom. The first-order valence-electron chi connectivity index (χ1n) is 6.22. The number of amides is 1. The van der Waals surface area contributed by atoms with Gasteiger partial charge in [0.1, 0.15) is 5.69 Å². The maximum absolute atomic E-state index is 12.0. The predicted molar refractivity (Wildman–Crippen MR) is 74.2 cm³/mol. The summed E-state index contributed by atoms with van der Waals surface area (Å²) in [6, 6.07) is 3.63. The summed E-state index contributed by atoms with van der Waals surface area (Å²) < 4.78 is 6.05. The number of nitrogens with zero attached hydrogens (tertiary/aromatic N) is 3. The normalized spacial score (nSPS) is 18.1. The Kier molecular flexibility index (Phi) is 3.75. The van der Waals surface area contributed by atoms with Gasteiger partial charge in [-0.3, -0.25) is 10.1 Å². The van der Waals surface area contributed by atoms with E-state index in [9.17, 15) is 4.79 Å². The molecule has 104 valence electrons. The average Bonchev–Trinajstić information content (AvgIpc) is 3.09. The standard InChI is InChI=1S/C12H12BrN5O2/c13-7-3-1-6-15-9(7)10(19)16-12-18-17-11(20-12)8-4-2-5-14-8/h1,3,6,8,14H,2,4-5H2,(H,16,18,19). The number of rotatable bonds is 3. The van der Waals surface area contributed by atoms with Gasteiger partial charge < -0.3 is 9.73 Å². The molecule has 8 heteroatoms. The van der Waals surface area contributed by atoms with E-state index in [0.29, 0.717) is 10.4 Å². The van der Waals surface area contributed by atoms with Crippen molar-refractivity contribution < 1.29 is 9.21 Å². The van der Waals surface area contributed by atoms with E-state index < -0.39 is 5.91 Å². The number of hydrogen-bond acceptors (Lipinski definition) is 6. The average molecular weight is 338 g/mol. The van der Waals surface area contributed by atoms with Gasteiger partial charge in [0.05, 0.1) is 6.04 Å². The highest BCUT2D eigenvalue weighted by Gasteiger charge is 2.23. The van der Waals surface area contributed by atoms with E-state index in [0.717, 1.165) is 19.4 Å². The topological polar surface area (TPSA) is 92.9 Å². The van der Waals surface area contributed by atoms with Crippen LogP contribution in [0.15, 0.2) is 27.2 Å². The molecule has 1 aliphatic rings. The van der Waals surface area contributed by atoms with Crippen LogP contribution < -0.4 is 10.6 Å². The molecule has 1 fully saturated rings.